The Hall–Kier alpha value is -1.69. The second-order valence-corrected chi connectivity index (χ2v) is 6.17. The van der Waals surface area contributed by atoms with Gasteiger partial charge in [0, 0.05) is 13.1 Å². The minimum atomic E-state index is -0.663. The van der Waals surface area contributed by atoms with Crippen LogP contribution in [0.15, 0.2) is 17.8 Å². The summed E-state index contributed by atoms with van der Waals surface area (Å²) in [6.07, 6.45) is 3.63. The predicted molar refractivity (Wildman–Crippen MR) is 79.2 cm³/mol. The second kappa shape index (κ2) is 5.01. The zero-order valence-corrected chi connectivity index (χ0v) is 12.2. The van der Waals surface area contributed by atoms with Crippen molar-refractivity contribution in [3.05, 3.63) is 17.8 Å². The molecule has 0 saturated carbocycles. The smallest absolute Gasteiger partial charge is 0.309 e. The molecule has 0 aromatic carbocycles. The number of carboxylic acids is 1. The van der Waals surface area contributed by atoms with Crippen molar-refractivity contribution in [2.45, 2.75) is 26.2 Å². The maximum atomic E-state index is 11.5. The molecule has 20 heavy (non-hydrogen) atoms. The molecule has 2 aromatic heterocycles. The molecule has 0 amide bonds. The molecular weight excluding hydrogens is 274 g/mol. The summed E-state index contributed by atoms with van der Waals surface area (Å²) >= 11 is 1.64. The summed E-state index contributed by atoms with van der Waals surface area (Å²) in [5, 5.41) is 11.5. The van der Waals surface area contributed by atoms with Crippen LogP contribution in [-0.2, 0) is 4.79 Å². The highest BCUT2D eigenvalue weighted by Gasteiger charge is 2.40. The van der Waals surface area contributed by atoms with E-state index >= 15 is 0 Å². The van der Waals surface area contributed by atoms with Gasteiger partial charge in [-0.1, -0.05) is 6.92 Å². The van der Waals surface area contributed by atoms with Gasteiger partial charge in [-0.15, -0.1) is 11.3 Å². The molecular formula is C14H17N3O2S. The molecule has 0 unspecified atom stereocenters. The third-order valence-electron chi connectivity index (χ3n) is 4.37. The van der Waals surface area contributed by atoms with Gasteiger partial charge in [0.2, 0.25) is 0 Å². The molecule has 1 aliphatic rings. The Balaban J connectivity index is 1.85. The largest absolute Gasteiger partial charge is 0.481 e. The lowest BCUT2D eigenvalue weighted by Crippen LogP contribution is -2.44. The Kier molecular flexibility index (Phi) is 3.33. The Morgan fingerprint density at radius 1 is 1.45 bits per heavy atom. The van der Waals surface area contributed by atoms with Crippen molar-refractivity contribution in [2.75, 3.05) is 18.0 Å². The third-order valence-corrected chi connectivity index (χ3v) is 5.27. The van der Waals surface area contributed by atoms with E-state index in [-0.39, 0.29) is 0 Å². The summed E-state index contributed by atoms with van der Waals surface area (Å²) in [4.78, 5) is 22.3. The Labute approximate surface area is 121 Å². The molecule has 3 rings (SSSR count). The number of hydrogen-bond acceptors (Lipinski definition) is 5. The van der Waals surface area contributed by atoms with Gasteiger partial charge in [0.15, 0.2) is 0 Å². The lowest BCUT2D eigenvalue weighted by molar-refractivity contribution is -0.150. The standard InChI is InChI=1S/C14H17N3O2S/c1-2-14(13(18)19)4-6-17(7-5-14)12-11-10(3-8-20-11)15-9-16-12/h3,8-9H,2,4-7H2,1H3,(H,18,19). The van der Waals surface area contributed by atoms with Crippen molar-refractivity contribution < 1.29 is 9.90 Å². The topological polar surface area (TPSA) is 66.3 Å². The number of hydrogen-bond donors (Lipinski definition) is 1. The van der Waals surface area contributed by atoms with Gasteiger partial charge in [0.1, 0.15) is 12.1 Å². The van der Waals surface area contributed by atoms with Crippen LogP contribution in [0.4, 0.5) is 5.82 Å². The van der Waals surface area contributed by atoms with E-state index in [1.165, 1.54) is 0 Å². The number of thiophene rings is 1. The molecule has 1 aliphatic heterocycles. The average molecular weight is 291 g/mol. The fraction of sp³-hybridized carbons (Fsp3) is 0.500. The first-order chi connectivity index (χ1) is 9.66. The monoisotopic (exact) mass is 291 g/mol. The summed E-state index contributed by atoms with van der Waals surface area (Å²) in [7, 11) is 0. The van der Waals surface area contributed by atoms with E-state index in [1.54, 1.807) is 17.7 Å². The molecule has 0 bridgehead atoms. The van der Waals surface area contributed by atoms with E-state index in [4.69, 9.17) is 0 Å². The highest BCUT2D eigenvalue weighted by Crippen LogP contribution is 2.38. The Bertz CT molecular complexity index is 632. The van der Waals surface area contributed by atoms with Crippen LogP contribution in [0.2, 0.25) is 0 Å². The number of piperidine rings is 1. The van der Waals surface area contributed by atoms with Crippen LogP contribution >= 0.6 is 11.3 Å². The molecule has 1 N–H and O–H groups in total. The van der Waals surface area contributed by atoms with Crippen LogP contribution < -0.4 is 4.90 Å². The lowest BCUT2D eigenvalue weighted by atomic mass is 9.76. The van der Waals surface area contributed by atoms with Gasteiger partial charge in [-0.05, 0) is 30.7 Å². The molecule has 0 radical (unpaired) electrons. The number of aliphatic carboxylic acids is 1. The Morgan fingerprint density at radius 3 is 2.85 bits per heavy atom. The normalized spacial score (nSPS) is 18.4. The zero-order valence-electron chi connectivity index (χ0n) is 11.4. The molecule has 2 aromatic rings. The Morgan fingerprint density at radius 2 is 2.20 bits per heavy atom. The number of nitrogens with zero attached hydrogens (tertiary/aromatic N) is 3. The van der Waals surface area contributed by atoms with Crippen LogP contribution in [0.25, 0.3) is 10.2 Å². The maximum absolute atomic E-state index is 11.5. The van der Waals surface area contributed by atoms with Gasteiger partial charge in [-0.2, -0.15) is 0 Å². The minimum absolute atomic E-state index is 0.557. The van der Waals surface area contributed by atoms with Crippen molar-refractivity contribution >= 4 is 33.3 Å². The quantitative estimate of drug-likeness (QED) is 0.942. The van der Waals surface area contributed by atoms with Crippen LogP contribution in [0.5, 0.6) is 0 Å². The minimum Gasteiger partial charge on any atom is -0.481 e. The van der Waals surface area contributed by atoms with Crippen LogP contribution in [-0.4, -0.2) is 34.1 Å². The summed E-state index contributed by atoms with van der Waals surface area (Å²) in [5.74, 6) is 0.281. The van der Waals surface area contributed by atoms with E-state index in [2.05, 4.69) is 14.9 Å². The van der Waals surface area contributed by atoms with E-state index in [1.807, 2.05) is 18.4 Å². The van der Waals surface area contributed by atoms with E-state index < -0.39 is 11.4 Å². The number of carbonyl (C=O) groups is 1. The molecule has 5 nitrogen and oxygen atoms in total. The summed E-state index contributed by atoms with van der Waals surface area (Å²) in [5.41, 5.74) is 0.406. The van der Waals surface area contributed by atoms with E-state index in [9.17, 15) is 9.90 Å². The van der Waals surface area contributed by atoms with Crippen molar-refractivity contribution in [2.24, 2.45) is 5.41 Å². The molecule has 0 spiro atoms. The van der Waals surface area contributed by atoms with Gasteiger partial charge < -0.3 is 10.0 Å². The number of anilines is 1. The molecule has 0 aliphatic carbocycles. The highest BCUT2D eigenvalue weighted by atomic mass is 32.1. The summed E-state index contributed by atoms with van der Waals surface area (Å²) in [6.45, 7) is 3.44. The van der Waals surface area contributed by atoms with Gasteiger partial charge in [-0.25, -0.2) is 9.97 Å². The zero-order chi connectivity index (χ0) is 14.2. The first-order valence-electron chi connectivity index (χ1n) is 6.83. The number of rotatable bonds is 3. The lowest BCUT2D eigenvalue weighted by Gasteiger charge is -2.38. The second-order valence-electron chi connectivity index (χ2n) is 5.26. The number of fused-ring (bicyclic) bond motifs is 1. The molecule has 6 heteroatoms. The first-order valence-corrected chi connectivity index (χ1v) is 7.71. The van der Waals surface area contributed by atoms with E-state index in [0.717, 1.165) is 29.1 Å². The van der Waals surface area contributed by atoms with Gasteiger partial charge in [-0.3, -0.25) is 4.79 Å². The van der Waals surface area contributed by atoms with Gasteiger partial charge in [0.25, 0.3) is 0 Å². The molecule has 0 atom stereocenters. The van der Waals surface area contributed by atoms with E-state index in [0.29, 0.717) is 19.3 Å². The fourth-order valence-electron chi connectivity index (χ4n) is 2.87. The number of carboxylic acid groups (broad SMARTS) is 1. The van der Waals surface area contributed by atoms with Crippen LogP contribution in [0.3, 0.4) is 0 Å². The number of aromatic nitrogens is 2. The highest BCUT2D eigenvalue weighted by molar-refractivity contribution is 7.17. The van der Waals surface area contributed by atoms with Crippen LogP contribution in [0.1, 0.15) is 26.2 Å². The van der Waals surface area contributed by atoms with Gasteiger partial charge >= 0.3 is 5.97 Å². The summed E-state index contributed by atoms with van der Waals surface area (Å²) < 4.78 is 1.09. The maximum Gasteiger partial charge on any atom is 0.309 e. The molecule has 3 heterocycles. The molecule has 106 valence electrons. The van der Waals surface area contributed by atoms with Gasteiger partial charge in [0.05, 0.1) is 15.6 Å². The SMILES string of the molecule is CCC1(C(=O)O)CCN(c2ncnc3ccsc23)CC1. The van der Waals surface area contributed by atoms with Crippen molar-refractivity contribution in [1.82, 2.24) is 9.97 Å². The third kappa shape index (κ3) is 2.04. The van der Waals surface area contributed by atoms with Crippen molar-refractivity contribution in [3.63, 3.8) is 0 Å². The average Bonchev–Trinajstić information content (AvgIpc) is 2.95. The predicted octanol–water partition coefficient (Wildman–Crippen LogP) is 2.77. The van der Waals surface area contributed by atoms with Crippen molar-refractivity contribution in [3.8, 4) is 0 Å². The molecule has 1 fully saturated rings. The van der Waals surface area contributed by atoms with Crippen LogP contribution in [0, 0.1) is 5.41 Å². The fourth-order valence-corrected chi connectivity index (χ4v) is 3.73. The molecule has 1 saturated heterocycles. The first kappa shape index (κ1) is 13.3. The van der Waals surface area contributed by atoms with Crippen molar-refractivity contribution in [1.29, 1.82) is 0 Å². The summed E-state index contributed by atoms with van der Waals surface area (Å²) in [6, 6.07) is 1.99.